The van der Waals surface area contributed by atoms with Gasteiger partial charge in [-0.3, -0.25) is 9.59 Å². The molecule has 1 atom stereocenters. The van der Waals surface area contributed by atoms with Crippen molar-refractivity contribution in [2.75, 3.05) is 5.75 Å². The van der Waals surface area contributed by atoms with Gasteiger partial charge in [-0.25, -0.2) is 4.98 Å². The number of thioether (sulfide) groups is 1. The number of fused-ring (bicyclic) bond motifs is 1. The highest BCUT2D eigenvalue weighted by Gasteiger charge is 2.18. The number of esters is 1. The molecule has 2 aromatic heterocycles. The third kappa shape index (κ3) is 3.93. The van der Waals surface area contributed by atoms with Crippen LogP contribution in [0.3, 0.4) is 0 Å². The van der Waals surface area contributed by atoms with Crippen LogP contribution in [0, 0.1) is 13.8 Å². The SMILES string of the molecule is Cc1sc2nc([C@H](C)OC(=O)CSc3ccccc3)[nH]c(=O)c2c1C. The Morgan fingerprint density at radius 3 is 2.76 bits per heavy atom. The molecule has 7 heteroatoms. The second kappa shape index (κ2) is 7.41. The highest BCUT2D eigenvalue weighted by atomic mass is 32.2. The number of hydrogen-bond donors (Lipinski definition) is 1. The summed E-state index contributed by atoms with van der Waals surface area (Å²) in [5, 5.41) is 0.615. The summed E-state index contributed by atoms with van der Waals surface area (Å²) in [5.74, 6) is 0.234. The van der Waals surface area contributed by atoms with Crippen molar-refractivity contribution < 1.29 is 9.53 Å². The van der Waals surface area contributed by atoms with Gasteiger partial charge in [0.25, 0.3) is 5.56 Å². The number of rotatable bonds is 5. The first-order valence-corrected chi connectivity index (χ1v) is 9.63. The van der Waals surface area contributed by atoms with E-state index < -0.39 is 6.10 Å². The smallest absolute Gasteiger partial charge is 0.316 e. The quantitative estimate of drug-likeness (QED) is 0.540. The van der Waals surface area contributed by atoms with Crippen molar-refractivity contribution in [3.8, 4) is 0 Å². The number of nitrogens with one attached hydrogen (secondary N) is 1. The van der Waals surface area contributed by atoms with Crippen LogP contribution in [-0.4, -0.2) is 21.7 Å². The lowest BCUT2D eigenvalue weighted by Crippen LogP contribution is -2.18. The molecular weight excluding hydrogens is 356 g/mol. The maximum atomic E-state index is 12.3. The second-order valence-electron chi connectivity index (χ2n) is 5.65. The van der Waals surface area contributed by atoms with Crippen LogP contribution in [0.2, 0.25) is 0 Å². The van der Waals surface area contributed by atoms with Gasteiger partial charge in [-0.2, -0.15) is 0 Å². The molecule has 3 aromatic rings. The molecule has 0 amide bonds. The molecule has 3 rings (SSSR count). The molecule has 130 valence electrons. The van der Waals surface area contributed by atoms with Crippen LogP contribution < -0.4 is 5.56 Å². The Morgan fingerprint density at radius 1 is 1.32 bits per heavy atom. The number of aromatic nitrogens is 2. The van der Waals surface area contributed by atoms with Gasteiger partial charge in [-0.15, -0.1) is 23.1 Å². The lowest BCUT2D eigenvalue weighted by molar-refractivity contribution is -0.145. The molecule has 1 aromatic carbocycles. The van der Waals surface area contributed by atoms with E-state index in [1.54, 1.807) is 6.92 Å². The van der Waals surface area contributed by atoms with Crippen molar-refractivity contribution in [1.82, 2.24) is 9.97 Å². The molecule has 1 N–H and O–H groups in total. The Bertz CT molecular complexity index is 964. The summed E-state index contributed by atoms with van der Waals surface area (Å²) in [5.41, 5.74) is 0.757. The van der Waals surface area contributed by atoms with E-state index in [4.69, 9.17) is 4.74 Å². The molecule has 0 saturated carbocycles. The molecule has 25 heavy (non-hydrogen) atoms. The fourth-order valence-corrected chi connectivity index (χ4v) is 4.15. The topological polar surface area (TPSA) is 72.0 Å². The number of benzene rings is 1. The molecule has 0 radical (unpaired) electrons. The first-order valence-electron chi connectivity index (χ1n) is 7.83. The Hall–Kier alpha value is -2.12. The summed E-state index contributed by atoms with van der Waals surface area (Å²) < 4.78 is 5.41. The minimum absolute atomic E-state index is 0.191. The molecular formula is C18H18N2O3S2. The second-order valence-corrected chi connectivity index (χ2v) is 7.90. The lowest BCUT2D eigenvalue weighted by atomic mass is 10.2. The van der Waals surface area contributed by atoms with Crippen LogP contribution in [-0.2, 0) is 9.53 Å². The number of carbonyl (C=O) groups excluding carboxylic acids is 1. The third-order valence-corrected chi connectivity index (χ3v) is 5.94. The standard InChI is InChI=1S/C18H18N2O3S2/c1-10-12(3)25-18-15(10)17(22)19-16(20-18)11(2)23-14(21)9-24-13-7-5-4-6-8-13/h4-8,11H,9H2,1-3H3,(H,19,20,22)/t11-/m0/s1. The van der Waals surface area contributed by atoms with Gasteiger partial charge >= 0.3 is 5.97 Å². The van der Waals surface area contributed by atoms with Gasteiger partial charge in [0.15, 0.2) is 11.9 Å². The molecule has 0 bridgehead atoms. The first-order chi connectivity index (χ1) is 12.0. The molecule has 0 aliphatic carbocycles. The molecule has 2 heterocycles. The normalized spacial score (nSPS) is 12.3. The summed E-state index contributed by atoms with van der Waals surface area (Å²) in [6.07, 6.45) is -0.608. The fraction of sp³-hybridized carbons (Fsp3) is 0.278. The van der Waals surface area contributed by atoms with E-state index in [9.17, 15) is 9.59 Å². The van der Waals surface area contributed by atoms with Crippen LogP contribution in [0.1, 0.15) is 29.3 Å². The molecule has 0 saturated heterocycles. The van der Waals surface area contributed by atoms with Crippen molar-refractivity contribution in [1.29, 1.82) is 0 Å². The van der Waals surface area contributed by atoms with Crippen LogP contribution >= 0.6 is 23.1 Å². The summed E-state index contributed by atoms with van der Waals surface area (Å²) in [6, 6.07) is 9.65. The van der Waals surface area contributed by atoms with Crippen molar-refractivity contribution in [3.63, 3.8) is 0 Å². The van der Waals surface area contributed by atoms with Crippen molar-refractivity contribution in [2.45, 2.75) is 31.8 Å². The Balaban J connectivity index is 1.70. The number of nitrogens with zero attached hydrogens (tertiary/aromatic N) is 1. The van der Waals surface area contributed by atoms with E-state index in [2.05, 4.69) is 9.97 Å². The minimum Gasteiger partial charge on any atom is -0.454 e. The van der Waals surface area contributed by atoms with E-state index in [-0.39, 0.29) is 17.3 Å². The molecule has 0 unspecified atom stereocenters. The number of H-pyrrole nitrogens is 1. The monoisotopic (exact) mass is 374 g/mol. The lowest BCUT2D eigenvalue weighted by Gasteiger charge is -2.12. The van der Waals surface area contributed by atoms with E-state index >= 15 is 0 Å². The Morgan fingerprint density at radius 2 is 2.04 bits per heavy atom. The number of ether oxygens (including phenoxy) is 1. The predicted molar refractivity (Wildman–Crippen MR) is 101 cm³/mol. The van der Waals surface area contributed by atoms with E-state index in [0.717, 1.165) is 15.3 Å². The van der Waals surface area contributed by atoms with E-state index in [1.807, 2.05) is 44.2 Å². The largest absolute Gasteiger partial charge is 0.454 e. The average molecular weight is 374 g/mol. The summed E-state index contributed by atoms with van der Waals surface area (Å²) in [6.45, 7) is 5.59. The zero-order chi connectivity index (χ0) is 18.0. The van der Waals surface area contributed by atoms with Gasteiger partial charge in [0.1, 0.15) is 4.83 Å². The van der Waals surface area contributed by atoms with Crippen molar-refractivity contribution >= 4 is 39.3 Å². The van der Waals surface area contributed by atoms with Gasteiger partial charge in [-0.05, 0) is 38.5 Å². The summed E-state index contributed by atoms with van der Waals surface area (Å²) >= 11 is 2.89. The van der Waals surface area contributed by atoms with Crippen molar-refractivity contribution in [2.24, 2.45) is 0 Å². The molecule has 0 spiro atoms. The van der Waals surface area contributed by atoms with Crippen LogP contribution in [0.5, 0.6) is 0 Å². The Kier molecular flexibility index (Phi) is 5.24. The predicted octanol–water partition coefficient (Wildman–Crippen LogP) is 4.00. The zero-order valence-electron chi connectivity index (χ0n) is 14.2. The number of aryl methyl sites for hydroxylation is 2. The maximum absolute atomic E-state index is 12.3. The average Bonchev–Trinajstić information content (AvgIpc) is 2.88. The highest BCUT2D eigenvalue weighted by Crippen LogP contribution is 2.27. The molecule has 0 aliphatic heterocycles. The van der Waals surface area contributed by atoms with Crippen LogP contribution in [0.4, 0.5) is 0 Å². The minimum atomic E-state index is -0.608. The van der Waals surface area contributed by atoms with Gasteiger partial charge in [0.05, 0.1) is 11.1 Å². The maximum Gasteiger partial charge on any atom is 0.316 e. The van der Waals surface area contributed by atoms with Crippen LogP contribution in [0.25, 0.3) is 10.2 Å². The first kappa shape index (κ1) is 17.7. The highest BCUT2D eigenvalue weighted by molar-refractivity contribution is 8.00. The molecule has 0 aliphatic rings. The third-order valence-electron chi connectivity index (χ3n) is 3.85. The number of hydrogen-bond acceptors (Lipinski definition) is 6. The van der Waals surface area contributed by atoms with Gasteiger partial charge in [-0.1, -0.05) is 18.2 Å². The van der Waals surface area contributed by atoms with Gasteiger partial charge in [0.2, 0.25) is 0 Å². The zero-order valence-corrected chi connectivity index (χ0v) is 15.8. The number of thiophene rings is 1. The van der Waals surface area contributed by atoms with Gasteiger partial charge < -0.3 is 9.72 Å². The fourth-order valence-electron chi connectivity index (χ4n) is 2.41. The van der Waals surface area contributed by atoms with Crippen LogP contribution in [0.15, 0.2) is 40.0 Å². The van der Waals surface area contributed by atoms with E-state index in [1.165, 1.54) is 23.1 Å². The molecule has 0 fully saturated rings. The van der Waals surface area contributed by atoms with Crippen molar-refractivity contribution in [3.05, 3.63) is 57.0 Å². The van der Waals surface area contributed by atoms with E-state index in [0.29, 0.717) is 16.0 Å². The Labute approximate surface area is 153 Å². The number of aromatic amines is 1. The molecule has 5 nitrogen and oxygen atoms in total. The summed E-state index contributed by atoms with van der Waals surface area (Å²) in [4.78, 5) is 34.3. The summed E-state index contributed by atoms with van der Waals surface area (Å²) in [7, 11) is 0. The van der Waals surface area contributed by atoms with Gasteiger partial charge in [0, 0.05) is 9.77 Å². The number of carbonyl (C=O) groups is 1.